The Bertz CT molecular complexity index is 484. The van der Waals surface area contributed by atoms with Gasteiger partial charge in [-0.25, -0.2) is 0 Å². The highest BCUT2D eigenvalue weighted by atomic mass is 35.5. The molecule has 1 saturated heterocycles. The minimum atomic E-state index is -0.0999. The normalized spacial score (nSPS) is 26.9. The predicted octanol–water partition coefficient (Wildman–Crippen LogP) is 3.35. The second-order valence-electron chi connectivity index (χ2n) is 5.96. The summed E-state index contributed by atoms with van der Waals surface area (Å²) < 4.78 is 0. The summed E-state index contributed by atoms with van der Waals surface area (Å²) in [5.41, 5.74) is 1.11. The van der Waals surface area contributed by atoms with E-state index in [0.717, 1.165) is 29.5 Å². The molecule has 1 saturated carbocycles. The third kappa shape index (κ3) is 2.70. The van der Waals surface area contributed by atoms with E-state index in [9.17, 15) is 4.79 Å². The fraction of sp³-hybridized carbons (Fsp3) is 0.562. The zero-order valence-corrected chi connectivity index (χ0v) is 12.6. The molecule has 0 aromatic heterocycles. The van der Waals surface area contributed by atoms with Crippen molar-refractivity contribution < 1.29 is 4.79 Å². The molecule has 2 atom stereocenters. The van der Waals surface area contributed by atoms with Gasteiger partial charge in [0.05, 0.1) is 6.04 Å². The Morgan fingerprint density at radius 3 is 2.60 bits per heavy atom. The Labute approximate surface area is 125 Å². The number of amides is 1. The Balaban J connectivity index is 1.72. The van der Waals surface area contributed by atoms with E-state index in [1.54, 1.807) is 0 Å². The quantitative estimate of drug-likeness (QED) is 0.923. The maximum atomic E-state index is 12.3. The number of hydrogen-bond donors (Lipinski definition) is 1. The van der Waals surface area contributed by atoms with Crippen molar-refractivity contribution in [2.75, 3.05) is 6.54 Å². The fourth-order valence-electron chi connectivity index (χ4n) is 3.04. The van der Waals surface area contributed by atoms with Crippen molar-refractivity contribution in [1.82, 2.24) is 10.2 Å². The molecule has 20 heavy (non-hydrogen) atoms. The SMILES string of the molecule is CC1NC(c2ccc(Cl)cc2)N(CCC2CCC2)C1=O. The van der Waals surface area contributed by atoms with E-state index in [1.165, 1.54) is 19.3 Å². The summed E-state index contributed by atoms with van der Waals surface area (Å²) in [6.45, 7) is 2.79. The summed E-state index contributed by atoms with van der Waals surface area (Å²) in [4.78, 5) is 14.3. The number of carbonyl (C=O) groups excluding carboxylic acids is 1. The monoisotopic (exact) mass is 292 g/mol. The highest BCUT2D eigenvalue weighted by molar-refractivity contribution is 6.30. The van der Waals surface area contributed by atoms with Gasteiger partial charge in [-0.3, -0.25) is 10.1 Å². The van der Waals surface area contributed by atoms with Crippen LogP contribution in [0.25, 0.3) is 0 Å². The third-order valence-electron chi connectivity index (χ3n) is 4.56. The van der Waals surface area contributed by atoms with Crippen LogP contribution >= 0.6 is 11.6 Å². The molecule has 1 aromatic rings. The second kappa shape index (κ2) is 5.74. The molecule has 1 amide bonds. The molecule has 1 N–H and O–H groups in total. The lowest BCUT2D eigenvalue weighted by Crippen LogP contribution is -2.33. The fourth-order valence-corrected chi connectivity index (χ4v) is 3.16. The maximum Gasteiger partial charge on any atom is 0.241 e. The average molecular weight is 293 g/mol. The van der Waals surface area contributed by atoms with E-state index in [4.69, 9.17) is 11.6 Å². The molecule has 1 heterocycles. The van der Waals surface area contributed by atoms with Crippen LogP contribution in [0.4, 0.5) is 0 Å². The molecule has 3 nitrogen and oxygen atoms in total. The lowest BCUT2D eigenvalue weighted by atomic mass is 9.83. The van der Waals surface area contributed by atoms with Crippen LogP contribution < -0.4 is 5.32 Å². The summed E-state index contributed by atoms with van der Waals surface area (Å²) in [6.07, 6.45) is 5.14. The molecule has 0 radical (unpaired) electrons. The van der Waals surface area contributed by atoms with Gasteiger partial charge in [-0.15, -0.1) is 0 Å². The van der Waals surface area contributed by atoms with Gasteiger partial charge in [-0.05, 0) is 37.0 Å². The van der Waals surface area contributed by atoms with Crippen LogP contribution in [0.15, 0.2) is 24.3 Å². The minimum absolute atomic E-state index is 0.00477. The molecule has 4 heteroatoms. The van der Waals surface area contributed by atoms with Crippen LogP contribution in [0.2, 0.25) is 5.02 Å². The van der Waals surface area contributed by atoms with Gasteiger partial charge < -0.3 is 4.90 Å². The van der Waals surface area contributed by atoms with Gasteiger partial charge in [-0.2, -0.15) is 0 Å². The van der Waals surface area contributed by atoms with Gasteiger partial charge >= 0.3 is 0 Å². The van der Waals surface area contributed by atoms with E-state index in [-0.39, 0.29) is 18.1 Å². The molecule has 0 spiro atoms. The Hall–Kier alpha value is -1.06. The first-order chi connectivity index (χ1) is 9.65. The van der Waals surface area contributed by atoms with Crippen LogP contribution in [0.3, 0.4) is 0 Å². The highest BCUT2D eigenvalue weighted by Gasteiger charge is 2.37. The van der Waals surface area contributed by atoms with Crippen LogP contribution in [0.1, 0.15) is 44.3 Å². The van der Waals surface area contributed by atoms with Gasteiger partial charge in [0.25, 0.3) is 0 Å². The van der Waals surface area contributed by atoms with Crippen molar-refractivity contribution in [3.63, 3.8) is 0 Å². The van der Waals surface area contributed by atoms with Gasteiger partial charge in [0, 0.05) is 11.6 Å². The molecule has 1 aliphatic carbocycles. The second-order valence-corrected chi connectivity index (χ2v) is 6.40. The first-order valence-electron chi connectivity index (χ1n) is 7.47. The van der Waals surface area contributed by atoms with Gasteiger partial charge in [0.1, 0.15) is 6.17 Å². The van der Waals surface area contributed by atoms with E-state index >= 15 is 0 Å². The maximum absolute atomic E-state index is 12.3. The Morgan fingerprint density at radius 1 is 1.30 bits per heavy atom. The topological polar surface area (TPSA) is 32.3 Å². The van der Waals surface area contributed by atoms with Crippen molar-refractivity contribution in [3.05, 3.63) is 34.9 Å². The number of nitrogens with zero attached hydrogens (tertiary/aromatic N) is 1. The van der Waals surface area contributed by atoms with E-state index < -0.39 is 0 Å². The molecule has 1 aromatic carbocycles. The predicted molar refractivity (Wildman–Crippen MR) is 80.5 cm³/mol. The Morgan fingerprint density at radius 2 is 2.00 bits per heavy atom. The summed E-state index contributed by atoms with van der Waals surface area (Å²) in [5.74, 6) is 1.04. The lowest BCUT2D eigenvalue weighted by Gasteiger charge is -2.30. The summed E-state index contributed by atoms with van der Waals surface area (Å²) in [6, 6.07) is 7.67. The zero-order chi connectivity index (χ0) is 14.1. The van der Waals surface area contributed by atoms with Crippen molar-refractivity contribution in [1.29, 1.82) is 0 Å². The van der Waals surface area contributed by atoms with Crippen molar-refractivity contribution in [2.45, 2.75) is 44.8 Å². The van der Waals surface area contributed by atoms with E-state index in [0.29, 0.717) is 0 Å². The number of hydrogen-bond acceptors (Lipinski definition) is 2. The standard InChI is InChI=1S/C16H21ClN2O/c1-11-16(20)19(10-9-12-3-2-4-12)15(18-11)13-5-7-14(17)8-6-13/h5-8,11-12,15,18H,2-4,9-10H2,1H3. The van der Waals surface area contributed by atoms with Crippen LogP contribution in [-0.2, 0) is 4.79 Å². The highest BCUT2D eigenvalue weighted by Crippen LogP contribution is 2.32. The van der Waals surface area contributed by atoms with Gasteiger partial charge in [0.15, 0.2) is 0 Å². The molecule has 2 aliphatic rings. The smallest absolute Gasteiger partial charge is 0.241 e. The molecule has 0 bridgehead atoms. The largest absolute Gasteiger partial charge is 0.322 e. The van der Waals surface area contributed by atoms with Crippen LogP contribution in [0.5, 0.6) is 0 Å². The van der Waals surface area contributed by atoms with Crippen molar-refractivity contribution >= 4 is 17.5 Å². The average Bonchev–Trinajstić information content (AvgIpc) is 2.66. The van der Waals surface area contributed by atoms with Crippen molar-refractivity contribution in [2.24, 2.45) is 5.92 Å². The summed E-state index contributed by atoms with van der Waals surface area (Å²) in [7, 11) is 0. The first-order valence-corrected chi connectivity index (χ1v) is 7.85. The molecular formula is C16H21ClN2O. The van der Waals surface area contributed by atoms with Gasteiger partial charge in [0.2, 0.25) is 5.91 Å². The van der Waals surface area contributed by atoms with Crippen molar-refractivity contribution in [3.8, 4) is 0 Å². The number of halogens is 1. The molecule has 3 rings (SSSR count). The summed E-state index contributed by atoms with van der Waals surface area (Å²) >= 11 is 5.94. The molecule has 2 unspecified atom stereocenters. The number of nitrogens with one attached hydrogen (secondary N) is 1. The van der Waals surface area contributed by atoms with Gasteiger partial charge in [-0.1, -0.05) is 43.0 Å². The third-order valence-corrected chi connectivity index (χ3v) is 4.81. The number of rotatable bonds is 4. The first kappa shape index (κ1) is 13.9. The molecular weight excluding hydrogens is 272 g/mol. The Kier molecular flexibility index (Phi) is 3.99. The van der Waals surface area contributed by atoms with E-state index in [1.807, 2.05) is 36.1 Å². The van der Waals surface area contributed by atoms with E-state index in [2.05, 4.69) is 5.32 Å². The van der Waals surface area contributed by atoms with Crippen LogP contribution in [-0.4, -0.2) is 23.4 Å². The zero-order valence-electron chi connectivity index (χ0n) is 11.8. The lowest BCUT2D eigenvalue weighted by molar-refractivity contribution is -0.130. The number of benzene rings is 1. The minimum Gasteiger partial charge on any atom is -0.322 e. The molecule has 108 valence electrons. The number of carbonyl (C=O) groups is 1. The summed E-state index contributed by atoms with van der Waals surface area (Å²) in [5, 5.41) is 4.11. The molecule has 2 fully saturated rings. The van der Waals surface area contributed by atoms with Crippen LogP contribution in [0, 0.1) is 5.92 Å². The molecule has 1 aliphatic heterocycles.